The highest BCUT2D eigenvalue weighted by molar-refractivity contribution is 6.15. The Kier molecular flexibility index (Phi) is 6.33. The lowest BCUT2D eigenvalue weighted by atomic mass is 9.94. The number of hydrogen-bond acceptors (Lipinski definition) is 8. The van der Waals surface area contributed by atoms with E-state index in [1.807, 2.05) is 0 Å². The van der Waals surface area contributed by atoms with Gasteiger partial charge in [-0.1, -0.05) is 0 Å². The number of benzene rings is 1. The maximum atomic E-state index is 13.4. The number of ether oxygens (including phenoxy) is 4. The van der Waals surface area contributed by atoms with Crippen LogP contribution in [0.25, 0.3) is 0 Å². The Bertz CT molecular complexity index is 1070. The van der Waals surface area contributed by atoms with Crippen LogP contribution in [0.15, 0.2) is 40.0 Å². The number of aliphatic hydroxyl groups is 1. The highest BCUT2D eigenvalue weighted by Gasteiger charge is 2.46. The van der Waals surface area contributed by atoms with Crippen molar-refractivity contribution in [3.05, 3.63) is 52.7 Å². The van der Waals surface area contributed by atoms with Crippen LogP contribution >= 0.6 is 0 Å². The topological polar surface area (TPSA) is 108 Å². The number of nitrogens with zero attached hydrogens (tertiary/aromatic N) is 1. The summed E-state index contributed by atoms with van der Waals surface area (Å²) in [5.74, 6) is -0.126. The van der Waals surface area contributed by atoms with E-state index in [2.05, 4.69) is 0 Å². The van der Waals surface area contributed by atoms with Crippen molar-refractivity contribution < 1.29 is 38.1 Å². The minimum absolute atomic E-state index is 0.0401. The lowest BCUT2D eigenvalue weighted by molar-refractivity contribution is -0.131. The van der Waals surface area contributed by atoms with Crippen molar-refractivity contribution >= 4 is 11.7 Å². The summed E-state index contributed by atoms with van der Waals surface area (Å²) in [6.07, 6.45) is 1.48. The maximum absolute atomic E-state index is 13.4. The number of amides is 1. The predicted molar refractivity (Wildman–Crippen MR) is 117 cm³/mol. The van der Waals surface area contributed by atoms with E-state index in [0.717, 1.165) is 12.8 Å². The van der Waals surface area contributed by atoms with Crippen LogP contribution in [-0.4, -0.2) is 62.3 Å². The average Bonchev–Trinajstić information content (AvgIpc) is 3.55. The summed E-state index contributed by atoms with van der Waals surface area (Å²) < 4.78 is 27.6. The second-order valence-electron chi connectivity index (χ2n) is 7.96. The number of methoxy groups -OCH3 is 3. The van der Waals surface area contributed by atoms with E-state index in [0.29, 0.717) is 35.2 Å². The molecule has 1 aromatic carbocycles. The largest absolute Gasteiger partial charge is 0.503 e. The van der Waals surface area contributed by atoms with Crippen molar-refractivity contribution in [2.24, 2.45) is 0 Å². The number of furan rings is 1. The molecule has 1 saturated heterocycles. The fourth-order valence-electron chi connectivity index (χ4n) is 4.38. The van der Waals surface area contributed by atoms with Crippen molar-refractivity contribution in [3.8, 4) is 17.2 Å². The zero-order valence-corrected chi connectivity index (χ0v) is 19.0. The van der Waals surface area contributed by atoms with Gasteiger partial charge in [0.15, 0.2) is 23.0 Å². The fourth-order valence-corrected chi connectivity index (χ4v) is 4.38. The van der Waals surface area contributed by atoms with Crippen molar-refractivity contribution in [2.75, 3.05) is 34.5 Å². The first-order valence-corrected chi connectivity index (χ1v) is 10.7. The monoisotopic (exact) mass is 457 g/mol. The molecule has 0 radical (unpaired) electrons. The molecule has 0 aliphatic carbocycles. The number of aryl methyl sites for hydroxylation is 1. The molecule has 0 spiro atoms. The van der Waals surface area contributed by atoms with E-state index < -0.39 is 23.5 Å². The number of rotatable bonds is 8. The standard InChI is InChI=1S/C24H27NO8/c1-13-7-8-16(33-13)21(26)19-20(14-10-17(29-2)23(31-4)18(11-14)30-3)25(24(28)22(19)27)12-15-6-5-9-32-15/h7-8,10-11,15,20,27H,5-6,9,12H2,1-4H3. The molecule has 0 bridgehead atoms. The van der Waals surface area contributed by atoms with Gasteiger partial charge in [-0.05, 0) is 49.6 Å². The molecular weight excluding hydrogens is 430 g/mol. The molecule has 2 aliphatic heterocycles. The van der Waals surface area contributed by atoms with Crippen molar-refractivity contribution in [1.29, 1.82) is 0 Å². The molecule has 1 amide bonds. The van der Waals surface area contributed by atoms with Crippen molar-refractivity contribution in [3.63, 3.8) is 0 Å². The van der Waals surface area contributed by atoms with E-state index in [4.69, 9.17) is 23.4 Å². The number of carbonyl (C=O) groups excluding carboxylic acids is 2. The molecule has 2 aliphatic rings. The zero-order valence-electron chi connectivity index (χ0n) is 19.0. The van der Waals surface area contributed by atoms with Crippen molar-refractivity contribution in [1.82, 2.24) is 4.90 Å². The molecule has 33 heavy (non-hydrogen) atoms. The summed E-state index contributed by atoms with van der Waals surface area (Å²) in [5.41, 5.74) is 0.452. The summed E-state index contributed by atoms with van der Waals surface area (Å²) in [6, 6.07) is 5.62. The van der Waals surface area contributed by atoms with Crippen LogP contribution in [0.3, 0.4) is 0 Å². The van der Waals surface area contributed by atoms with Crippen molar-refractivity contribution in [2.45, 2.75) is 31.9 Å². The molecule has 1 fully saturated rings. The van der Waals surface area contributed by atoms with Crippen LogP contribution in [0, 0.1) is 6.92 Å². The van der Waals surface area contributed by atoms with E-state index in [1.165, 1.54) is 32.3 Å². The Labute approximate surface area is 191 Å². The molecular formula is C24H27NO8. The normalized spacial score (nSPS) is 20.5. The third kappa shape index (κ3) is 4.04. The third-order valence-electron chi connectivity index (χ3n) is 5.94. The average molecular weight is 457 g/mol. The van der Waals surface area contributed by atoms with Gasteiger partial charge in [0, 0.05) is 13.2 Å². The van der Waals surface area contributed by atoms with E-state index >= 15 is 0 Å². The lowest BCUT2D eigenvalue weighted by Gasteiger charge is -2.29. The van der Waals surface area contributed by atoms with Gasteiger partial charge in [0.2, 0.25) is 11.5 Å². The number of hydrogen-bond donors (Lipinski definition) is 1. The molecule has 176 valence electrons. The Morgan fingerprint density at radius 1 is 1.15 bits per heavy atom. The minimum Gasteiger partial charge on any atom is -0.503 e. The smallest absolute Gasteiger partial charge is 0.290 e. The van der Waals surface area contributed by atoms with Crippen LogP contribution < -0.4 is 14.2 Å². The zero-order chi connectivity index (χ0) is 23.7. The highest BCUT2D eigenvalue weighted by atomic mass is 16.5. The Hall–Kier alpha value is -3.46. The van der Waals surface area contributed by atoms with Crippen LogP contribution in [0.4, 0.5) is 0 Å². The Morgan fingerprint density at radius 2 is 1.85 bits per heavy atom. The highest BCUT2D eigenvalue weighted by Crippen LogP contribution is 2.45. The molecule has 9 nitrogen and oxygen atoms in total. The Balaban J connectivity index is 1.84. The van der Waals surface area contributed by atoms with Crippen LogP contribution in [-0.2, 0) is 9.53 Å². The number of aliphatic hydroxyl groups excluding tert-OH is 1. The molecule has 3 heterocycles. The van der Waals surface area contributed by atoms with Gasteiger partial charge < -0.3 is 33.4 Å². The van der Waals surface area contributed by atoms with Gasteiger partial charge in [0.05, 0.1) is 39.0 Å². The second-order valence-corrected chi connectivity index (χ2v) is 7.96. The molecule has 2 aromatic rings. The van der Waals surface area contributed by atoms with Gasteiger partial charge >= 0.3 is 0 Å². The minimum atomic E-state index is -0.895. The maximum Gasteiger partial charge on any atom is 0.290 e. The van der Waals surface area contributed by atoms with Gasteiger partial charge in [-0.25, -0.2) is 0 Å². The van der Waals surface area contributed by atoms with Crippen LogP contribution in [0.2, 0.25) is 0 Å². The van der Waals surface area contributed by atoms with E-state index in [-0.39, 0.29) is 24.0 Å². The summed E-state index contributed by atoms with van der Waals surface area (Å²) >= 11 is 0. The summed E-state index contributed by atoms with van der Waals surface area (Å²) in [5, 5.41) is 10.8. The van der Waals surface area contributed by atoms with Gasteiger partial charge in [-0.15, -0.1) is 0 Å². The lowest BCUT2D eigenvalue weighted by Crippen LogP contribution is -2.37. The van der Waals surface area contributed by atoms with E-state index in [9.17, 15) is 14.7 Å². The molecule has 4 rings (SSSR count). The molecule has 0 saturated carbocycles. The quantitative estimate of drug-likeness (QED) is 0.601. The first-order valence-electron chi connectivity index (χ1n) is 10.7. The predicted octanol–water partition coefficient (Wildman–Crippen LogP) is 3.37. The number of carbonyl (C=O) groups is 2. The number of ketones is 1. The number of Topliss-reactive ketones (excluding diaryl/α,β-unsaturated/α-hetero) is 1. The van der Waals surface area contributed by atoms with Crippen LogP contribution in [0.5, 0.6) is 17.2 Å². The summed E-state index contributed by atoms with van der Waals surface area (Å²) in [7, 11) is 4.45. The molecule has 2 unspecified atom stereocenters. The van der Waals surface area contributed by atoms with Gasteiger partial charge in [0.25, 0.3) is 5.91 Å². The van der Waals surface area contributed by atoms with E-state index in [1.54, 1.807) is 25.1 Å². The Morgan fingerprint density at radius 3 is 2.36 bits per heavy atom. The first-order chi connectivity index (χ1) is 15.9. The molecule has 2 atom stereocenters. The molecule has 1 aromatic heterocycles. The van der Waals surface area contributed by atoms with Gasteiger partial charge in [0.1, 0.15) is 5.76 Å². The first kappa shape index (κ1) is 22.7. The second kappa shape index (κ2) is 9.19. The van der Waals surface area contributed by atoms with Crippen LogP contribution in [0.1, 0.15) is 40.8 Å². The molecule has 1 N–H and O–H groups in total. The third-order valence-corrected chi connectivity index (χ3v) is 5.94. The molecule has 9 heteroatoms. The SMILES string of the molecule is COc1cc(C2C(C(=O)c3ccc(C)o3)=C(O)C(=O)N2CC2CCCO2)cc(OC)c1OC. The van der Waals surface area contributed by atoms with Gasteiger partial charge in [-0.3, -0.25) is 9.59 Å². The summed E-state index contributed by atoms with van der Waals surface area (Å²) in [4.78, 5) is 28.0. The summed E-state index contributed by atoms with van der Waals surface area (Å²) in [6.45, 7) is 2.54. The fraction of sp³-hybridized carbons (Fsp3) is 0.417. The van der Waals surface area contributed by atoms with Gasteiger partial charge in [-0.2, -0.15) is 0 Å².